The molecule has 19 heavy (non-hydrogen) atoms. The normalized spacial score (nSPS) is 35.2. The van der Waals surface area contributed by atoms with Gasteiger partial charge in [-0.3, -0.25) is 0 Å². The van der Waals surface area contributed by atoms with Crippen molar-refractivity contribution in [2.75, 3.05) is 0 Å². The summed E-state index contributed by atoms with van der Waals surface area (Å²) in [5.74, 6) is 2.15. The standard InChI is InChI=1S/C17H21NO/c1-9-6-10(2)14(11(3)7-9)16-15-12-4-5-13(8-12)17(15)19-18-16/h6-7,12-13,15,17H,4-5,8H2,1-3H3/t12-,13-,15-,17+/m1/s1. The fourth-order valence-electron chi connectivity index (χ4n) is 4.74. The van der Waals surface area contributed by atoms with E-state index in [1.807, 2.05) is 0 Å². The molecule has 1 aromatic carbocycles. The zero-order valence-electron chi connectivity index (χ0n) is 11.9. The highest BCUT2D eigenvalue weighted by Gasteiger charge is 2.54. The lowest BCUT2D eigenvalue weighted by molar-refractivity contribution is 0.0275. The SMILES string of the molecule is Cc1cc(C)c(C2=NO[C@H]3[C@@H]4CC[C@H](C4)[C@H]23)c(C)c1. The van der Waals surface area contributed by atoms with Crippen molar-refractivity contribution in [3.05, 3.63) is 34.4 Å². The van der Waals surface area contributed by atoms with Crippen molar-refractivity contribution in [2.24, 2.45) is 22.9 Å². The number of hydrogen-bond donors (Lipinski definition) is 0. The summed E-state index contributed by atoms with van der Waals surface area (Å²) in [5, 5.41) is 4.50. The minimum Gasteiger partial charge on any atom is -0.391 e. The molecule has 2 aliphatic carbocycles. The van der Waals surface area contributed by atoms with Crippen LogP contribution in [0.15, 0.2) is 17.3 Å². The molecule has 2 fully saturated rings. The third-order valence-corrected chi connectivity index (χ3v) is 5.36. The molecule has 4 rings (SSSR count). The number of hydrogen-bond acceptors (Lipinski definition) is 2. The third kappa shape index (κ3) is 1.52. The van der Waals surface area contributed by atoms with E-state index in [-0.39, 0.29) is 0 Å². The first-order valence-corrected chi connectivity index (χ1v) is 7.47. The van der Waals surface area contributed by atoms with E-state index in [1.165, 1.54) is 47.2 Å². The van der Waals surface area contributed by atoms with Gasteiger partial charge >= 0.3 is 0 Å². The van der Waals surface area contributed by atoms with Crippen LogP contribution in [0.3, 0.4) is 0 Å². The Balaban J connectivity index is 1.78. The highest BCUT2D eigenvalue weighted by molar-refractivity contribution is 6.05. The van der Waals surface area contributed by atoms with Gasteiger partial charge in [-0.15, -0.1) is 0 Å². The Kier molecular flexibility index (Phi) is 2.33. The van der Waals surface area contributed by atoms with Crippen molar-refractivity contribution < 1.29 is 4.84 Å². The predicted octanol–water partition coefficient (Wildman–Crippen LogP) is 3.76. The average molecular weight is 255 g/mol. The van der Waals surface area contributed by atoms with Gasteiger partial charge < -0.3 is 4.84 Å². The molecule has 0 radical (unpaired) electrons. The monoisotopic (exact) mass is 255 g/mol. The quantitative estimate of drug-likeness (QED) is 0.748. The fourth-order valence-corrected chi connectivity index (χ4v) is 4.74. The number of oxime groups is 1. The van der Waals surface area contributed by atoms with Gasteiger partial charge in [-0.1, -0.05) is 22.9 Å². The summed E-state index contributed by atoms with van der Waals surface area (Å²) < 4.78 is 0. The van der Waals surface area contributed by atoms with Crippen LogP contribution in [0.2, 0.25) is 0 Å². The Labute approximate surface area is 114 Å². The van der Waals surface area contributed by atoms with Gasteiger partial charge in [-0.05, 0) is 63.0 Å². The van der Waals surface area contributed by atoms with Crippen LogP contribution >= 0.6 is 0 Å². The van der Waals surface area contributed by atoms with E-state index in [0.29, 0.717) is 12.0 Å². The third-order valence-electron chi connectivity index (χ3n) is 5.36. The number of rotatable bonds is 1. The van der Waals surface area contributed by atoms with Crippen molar-refractivity contribution in [1.29, 1.82) is 0 Å². The topological polar surface area (TPSA) is 21.6 Å². The Morgan fingerprint density at radius 2 is 1.74 bits per heavy atom. The van der Waals surface area contributed by atoms with Crippen molar-refractivity contribution in [3.8, 4) is 0 Å². The summed E-state index contributed by atoms with van der Waals surface area (Å²) in [6, 6.07) is 4.54. The Hall–Kier alpha value is -1.31. The number of benzene rings is 1. The lowest BCUT2D eigenvalue weighted by Crippen LogP contribution is -2.30. The molecular formula is C17H21NO. The second kappa shape index (κ2) is 3.84. The van der Waals surface area contributed by atoms with Crippen LogP contribution in [-0.4, -0.2) is 11.8 Å². The summed E-state index contributed by atoms with van der Waals surface area (Å²) >= 11 is 0. The van der Waals surface area contributed by atoms with E-state index < -0.39 is 0 Å². The summed E-state index contributed by atoms with van der Waals surface area (Å²) in [5.41, 5.74) is 6.63. The van der Waals surface area contributed by atoms with Crippen LogP contribution in [0.5, 0.6) is 0 Å². The van der Waals surface area contributed by atoms with Gasteiger partial charge in [0.2, 0.25) is 0 Å². The summed E-state index contributed by atoms with van der Waals surface area (Å²) in [7, 11) is 0. The van der Waals surface area contributed by atoms with Gasteiger partial charge in [-0.25, -0.2) is 0 Å². The summed E-state index contributed by atoms with van der Waals surface area (Å²) in [4.78, 5) is 5.81. The highest BCUT2D eigenvalue weighted by Crippen LogP contribution is 2.53. The molecular weight excluding hydrogens is 234 g/mol. The largest absolute Gasteiger partial charge is 0.391 e. The molecule has 1 aromatic rings. The van der Waals surface area contributed by atoms with E-state index in [4.69, 9.17) is 4.84 Å². The molecule has 2 bridgehead atoms. The lowest BCUT2D eigenvalue weighted by Gasteiger charge is -2.24. The van der Waals surface area contributed by atoms with Crippen LogP contribution in [0.1, 0.15) is 41.5 Å². The molecule has 2 heteroatoms. The molecule has 0 saturated heterocycles. The maximum Gasteiger partial charge on any atom is 0.139 e. The van der Waals surface area contributed by atoms with Crippen LogP contribution in [-0.2, 0) is 4.84 Å². The van der Waals surface area contributed by atoms with E-state index >= 15 is 0 Å². The van der Waals surface area contributed by atoms with Crippen molar-refractivity contribution in [2.45, 2.75) is 46.1 Å². The Morgan fingerprint density at radius 1 is 1.05 bits per heavy atom. The van der Waals surface area contributed by atoms with Crippen molar-refractivity contribution in [3.63, 3.8) is 0 Å². The average Bonchev–Trinajstić information content (AvgIpc) is 2.98. The summed E-state index contributed by atoms with van der Waals surface area (Å²) in [6.07, 6.45) is 4.46. The van der Waals surface area contributed by atoms with E-state index in [2.05, 4.69) is 38.1 Å². The minimum atomic E-state index is 0.383. The van der Waals surface area contributed by atoms with Gasteiger partial charge in [0, 0.05) is 11.5 Å². The second-order valence-electron chi connectivity index (χ2n) is 6.68. The number of fused-ring (bicyclic) bond motifs is 5. The van der Waals surface area contributed by atoms with Crippen LogP contribution in [0, 0.1) is 38.5 Å². The van der Waals surface area contributed by atoms with Gasteiger partial charge in [0.05, 0.1) is 5.71 Å². The smallest absolute Gasteiger partial charge is 0.139 e. The van der Waals surface area contributed by atoms with Gasteiger partial charge in [0.15, 0.2) is 0 Å². The van der Waals surface area contributed by atoms with E-state index in [1.54, 1.807) is 0 Å². The molecule has 0 unspecified atom stereocenters. The van der Waals surface area contributed by atoms with Gasteiger partial charge in [0.25, 0.3) is 0 Å². The first-order chi connectivity index (χ1) is 9.15. The summed E-state index contributed by atoms with van der Waals surface area (Å²) in [6.45, 7) is 6.58. The molecule has 100 valence electrons. The molecule has 2 saturated carbocycles. The van der Waals surface area contributed by atoms with Gasteiger partial charge in [0.1, 0.15) is 6.10 Å². The molecule has 0 amide bonds. The Morgan fingerprint density at radius 3 is 2.47 bits per heavy atom. The van der Waals surface area contributed by atoms with E-state index in [0.717, 1.165) is 11.8 Å². The van der Waals surface area contributed by atoms with Crippen LogP contribution in [0.25, 0.3) is 0 Å². The zero-order chi connectivity index (χ0) is 13.1. The number of nitrogens with zero attached hydrogens (tertiary/aromatic N) is 1. The number of aryl methyl sites for hydroxylation is 3. The Bertz CT molecular complexity index is 552. The first kappa shape index (κ1) is 11.5. The zero-order valence-corrected chi connectivity index (χ0v) is 11.9. The molecule has 0 N–H and O–H groups in total. The maximum absolute atomic E-state index is 5.81. The second-order valence-corrected chi connectivity index (χ2v) is 6.68. The highest BCUT2D eigenvalue weighted by atomic mass is 16.6. The van der Waals surface area contributed by atoms with Gasteiger partial charge in [-0.2, -0.15) is 0 Å². The van der Waals surface area contributed by atoms with Crippen LogP contribution in [0.4, 0.5) is 0 Å². The van der Waals surface area contributed by atoms with Crippen molar-refractivity contribution >= 4 is 5.71 Å². The molecule has 1 heterocycles. The van der Waals surface area contributed by atoms with Crippen LogP contribution < -0.4 is 0 Å². The molecule has 1 aliphatic heterocycles. The molecule has 3 aliphatic rings. The van der Waals surface area contributed by atoms with E-state index in [9.17, 15) is 0 Å². The predicted molar refractivity (Wildman–Crippen MR) is 76.4 cm³/mol. The minimum absolute atomic E-state index is 0.383. The molecule has 0 spiro atoms. The molecule has 4 atom stereocenters. The lowest BCUT2D eigenvalue weighted by atomic mass is 9.79. The first-order valence-electron chi connectivity index (χ1n) is 7.47. The fraction of sp³-hybridized carbons (Fsp3) is 0.588. The van der Waals surface area contributed by atoms with Crippen molar-refractivity contribution in [1.82, 2.24) is 0 Å². The molecule has 0 aromatic heterocycles. The maximum atomic E-state index is 5.81. The molecule has 2 nitrogen and oxygen atoms in total.